The minimum atomic E-state index is -0.504. The molecular weight excluding hydrogens is 377 g/mol. The first kappa shape index (κ1) is 20.2. The molecule has 0 bridgehead atoms. The first-order valence-corrected chi connectivity index (χ1v) is 11.6. The highest BCUT2D eigenvalue weighted by molar-refractivity contribution is 5.89. The van der Waals surface area contributed by atoms with Gasteiger partial charge in [-0.25, -0.2) is 4.39 Å². The van der Waals surface area contributed by atoms with E-state index in [1.54, 1.807) is 12.1 Å². The lowest BCUT2D eigenvalue weighted by Gasteiger charge is -2.60. The molecule has 162 valence electrons. The molecule has 3 aliphatic carbocycles. The second kappa shape index (κ2) is 6.66. The van der Waals surface area contributed by atoms with Crippen molar-refractivity contribution in [3.63, 3.8) is 0 Å². The van der Waals surface area contributed by atoms with Gasteiger partial charge in [-0.15, -0.1) is 0 Å². The predicted molar refractivity (Wildman–Crippen MR) is 115 cm³/mol. The van der Waals surface area contributed by atoms with Crippen LogP contribution in [0.5, 0.6) is 0 Å². The molecule has 3 unspecified atom stereocenters. The molecule has 3 fully saturated rings. The normalized spacial score (nSPS) is 45.1. The van der Waals surface area contributed by atoms with E-state index in [4.69, 9.17) is 0 Å². The molecule has 4 aliphatic rings. The van der Waals surface area contributed by atoms with Crippen LogP contribution in [0, 0.1) is 41.3 Å². The predicted octanol–water partition coefficient (Wildman–Crippen LogP) is 4.83. The molecule has 3 nitrogen and oxygen atoms in total. The zero-order valence-electron chi connectivity index (χ0n) is 18.6. The van der Waals surface area contributed by atoms with Crippen LogP contribution in [0.1, 0.15) is 63.0 Å². The van der Waals surface area contributed by atoms with E-state index in [0.29, 0.717) is 17.8 Å². The number of fused-ring (bicyclic) bond motifs is 5. The zero-order valence-corrected chi connectivity index (χ0v) is 18.6. The molecule has 1 aliphatic heterocycles. The van der Waals surface area contributed by atoms with Gasteiger partial charge in [-0.1, -0.05) is 32.1 Å². The van der Waals surface area contributed by atoms with Gasteiger partial charge in [0.1, 0.15) is 5.82 Å². The minimum Gasteiger partial charge on any atom is -0.392 e. The highest BCUT2D eigenvalue weighted by atomic mass is 19.1. The maximum atomic E-state index is 14.8. The number of nitrogens with zero attached hydrogens (tertiary/aromatic N) is 1. The molecule has 4 heteroatoms. The molecule has 0 saturated heterocycles. The molecule has 1 N–H and O–H groups in total. The van der Waals surface area contributed by atoms with E-state index < -0.39 is 6.10 Å². The summed E-state index contributed by atoms with van der Waals surface area (Å²) in [6, 6.07) is 5.52. The summed E-state index contributed by atoms with van der Waals surface area (Å²) in [4.78, 5) is 14.2. The maximum absolute atomic E-state index is 14.8. The highest BCUT2D eigenvalue weighted by Crippen LogP contribution is 2.66. The molecule has 0 radical (unpaired) electrons. The van der Waals surface area contributed by atoms with Gasteiger partial charge in [0.25, 0.3) is 0 Å². The standard InChI is InChI=1S/C26H34FNO2/c1-15-6-5-7-20(27)23(15)17-14-19-16-8-9-21-25(2,13-11-22(29)28(21)4)18(16)10-12-26(19,3)24(17)30/h5-7,11,13,16-19,21,24,30H,8-10,12,14H2,1-4H3/t16-,17?,18-,19+,21?,24?,25-,26+/m1/s1. The van der Waals surface area contributed by atoms with Gasteiger partial charge < -0.3 is 10.0 Å². The molecule has 1 aromatic rings. The molecule has 1 heterocycles. The molecule has 1 amide bonds. The fourth-order valence-electron chi connectivity index (χ4n) is 8.15. The van der Waals surface area contributed by atoms with E-state index in [-0.39, 0.29) is 34.5 Å². The SMILES string of the molecule is Cc1cccc(F)c1C1C[C@H]2[C@@H]3CCC4N(C)C(=O)C=C[C@]4(C)[C@@H]3CC[C@]2(C)C1O. The quantitative estimate of drug-likeness (QED) is 0.719. The van der Waals surface area contributed by atoms with Gasteiger partial charge >= 0.3 is 0 Å². The van der Waals surface area contributed by atoms with Crippen molar-refractivity contribution in [3.05, 3.63) is 47.3 Å². The molecule has 8 atom stereocenters. The van der Waals surface area contributed by atoms with Crippen molar-refractivity contribution < 1.29 is 14.3 Å². The van der Waals surface area contributed by atoms with Crippen LogP contribution in [0.3, 0.4) is 0 Å². The van der Waals surface area contributed by atoms with Crippen molar-refractivity contribution in [1.29, 1.82) is 0 Å². The summed E-state index contributed by atoms with van der Waals surface area (Å²) in [5, 5.41) is 11.5. The Morgan fingerprint density at radius 3 is 2.67 bits per heavy atom. The number of aryl methyl sites for hydroxylation is 1. The number of carbonyl (C=O) groups is 1. The molecule has 0 aromatic heterocycles. The Kier molecular flexibility index (Phi) is 4.49. The van der Waals surface area contributed by atoms with Crippen LogP contribution in [-0.2, 0) is 4.79 Å². The van der Waals surface area contributed by atoms with Gasteiger partial charge in [0.15, 0.2) is 0 Å². The lowest BCUT2D eigenvalue weighted by Crippen LogP contribution is -2.59. The maximum Gasteiger partial charge on any atom is 0.246 e. The summed E-state index contributed by atoms with van der Waals surface area (Å²) < 4.78 is 14.8. The third-order valence-corrected chi connectivity index (χ3v) is 9.77. The number of carbonyl (C=O) groups excluding carboxylic acids is 1. The van der Waals surface area contributed by atoms with Crippen molar-refractivity contribution in [3.8, 4) is 0 Å². The van der Waals surface area contributed by atoms with Gasteiger partial charge in [-0.2, -0.15) is 0 Å². The Balaban J connectivity index is 1.51. The number of amides is 1. The number of halogens is 1. The first-order chi connectivity index (χ1) is 14.2. The molecule has 30 heavy (non-hydrogen) atoms. The van der Waals surface area contributed by atoms with Crippen LogP contribution < -0.4 is 0 Å². The van der Waals surface area contributed by atoms with Crippen molar-refractivity contribution in [2.45, 2.75) is 70.9 Å². The van der Waals surface area contributed by atoms with E-state index in [9.17, 15) is 14.3 Å². The van der Waals surface area contributed by atoms with Crippen molar-refractivity contribution in [1.82, 2.24) is 4.90 Å². The minimum absolute atomic E-state index is 0.0101. The number of aliphatic hydroxyl groups excluding tert-OH is 1. The number of aliphatic hydroxyl groups is 1. The van der Waals surface area contributed by atoms with E-state index in [1.807, 2.05) is 24.9 Å². The number of rotatable bonds is 1. The lowest BCUT2D eigenvalue weighted by atomic mass is 9.48. The second-order valence-corrected chi connectivity index (χ2v) is 10.9. The molecular formula is C26H34FNO2. The fraction of sp³-hybridized carbons (Fsp3) is 0.654. The largest absolute Gasteiger partial charge is 0.392 e. The average molecular weight is 412 g/mol. The third-order valence-electron chi connectivity index (χ3n) is 9.77. The van der Waals surface area contributed by atoms with Crippen LogP contribution in [0.2, 0.25) is 0 Å². The monoisotopic (exact) mass is 411 g/mol. The van der Waals surface area contributed by atoms with E-state index in [0.717, 1.165) is 43.2 Å². The molecule has 5 rings (SSSR count). The Bertz CT molecular complexity index is 892. The van der Waals surface area contributed by atoms with Gasteiger partial charge in [0.05, 0.1) is 6.10 Å². The molecule has 0 spiro atoms. The number of hydrogen-bond acceptors (Lipinski definition) is 2. The Morgan fingerprint density at radius 2 is 1.93 bits per heavy atom. The van der Waals surface area contributed by atoms with Crippen LogP contribution >= 0.6 is 0 Å². The Hall–Kier alpha value is -1.68. The summed E-state index contributed by atoms with van der Waals surface area (Å²) >= 11 is 0. The van der Waals surface area contributed by atoms with E-state index in [2.05, 4.69) is 19.9 Å². The highest BCUT2D eigenvalue weighted by Gasteiger charge is 2.62. The third kappa shape index (κ3) is 2.55. The Labute approximate surface area is 179 Å². The van der Waals surface area contributed by atoms with Gasteiger partial charge in [0, 0.05) is 24.4 Å². The van der Waals surface area contributed by atoms with Crippen LogP contribution in [0.15, 0.2) is 30.4 Å². The first-order valence-electron chi connectivity index (χ1n) is 11.6. The van der Waals surface area contributed by atoms with Crippen molar-refractivity contribution in [2.75, 3.05) is 7.05 Å². The second-order valence-electron chi connectivity index (χ2n) is 10.9. The summed E-state index contributed by atoms with van der Waals surface area (Å²) in [6.07, 6.45) is 8.44. The summed E-state index contributed by atoms with van der Waals surface area (Å²) in [5.41, 5.74) is 1.50. The number of benzene rings is 1. The zero-order chi connectivity index (χ0) is 21.4. The summed E-state index contributed by atoms with van der Waals surface area (Å²) in [6.45, 7) is 6.54. The van der Waals surface area contributed by atoms with Crippen LogP contribution in [-0.4, -0.2) is 35.1 Å². The molecule has 1 aromatic carbocycles. The van der Waals surface area contributed by atoms with Crippen molar-refractivity contribution >= 4 is 5.91 Å². The summed E-state index contributed by atoms with van der Waals surface area (Å²) in [5.74, 6) is 1.23. The topological polar surface area (TPSA) is 40.5 Å². The fourth-order valence-corrected chi connectivity index (χ4v) is 8.15. The summed E-state index contributed by atoms with van der Waals surface area (Å²) in [7, 11) is 1.94. The van der Waals surface area contributed by atoms with E-state index >= 15 is 0 Å². The average Bonchev–Trinajstić information content (AvgIpc) is 2.96. The smallest absolute Gasteiger partial charge is 0.246 e. The Morgan fingerprint density at radius 1 is 1.17 bits per heavy atom. The van der Waals surface area contributed by atoms with Crippen molar-refractivity contribution in [2.24, 2.45) is 28.6 Å². The molecule has 3 saturated carbocycles. The van der Waals surface area contributed by atoms with Gasteiger partial charge in [-0.05, 0) is 85.5 Å². The lowest BCUT2D eigenvalue weighted by molar-refractivity contribution is -0.140. The van der Waals surface area contributed by atoms with Gasteiger partial charge in [0.2, 0.25) is 5.91 Å². The van der Waals surface area contributed by atoms with Crippen LogP contribution in [0.4, 0.5) is 4.39 Å². The number of likely N-dealkylation sites (N-methyl/N-ethyl adjacent to an activating group) is 1. The van der Waals surface area contributed by atoms with E-state index in [1.165, 1.54) is 6.07 Å². The van der Waals surface area contributed by atoms with Crippen LogP contribution in [0.25, 0.3) is 0 Å². The van der Waals surface area contributed by atoms with Gasteiger partial charge in [-0.3, -0.25) is 4.79 Å². The number of hydrogen-bond donors (Lipinski definition) is 1.